The molecular formula is C22H22N4O5S. The highest BCUT2D eigenvalue weighted by Crippen LogP contribution is 2.43. The third-order valence-corrected chi connectivity index (χ3v) is 7.03. The molecule has 2 aromatic rings. The smallest absolute Gasteiger partial charge is 0.352 e. The Hall–Kier alpha value is -3.37. The monoisotopic (exact) mass is 454 g/mol. The maximum absolute atomic E-state index is 13.5. The van der Waals surface area contributed by atoms with E-state index >= 15 is 0 Å². The molecule has 1 aromatic carbocycles. The minimum Gasteiger partial charge on any atom is -0.477 e. The number of rotatable bonds is 6. The second-order valence-corrected chi connectivity index (χ2v) is 8.77. The number of carboxylic acid groups (broad SMARTS) is 1. The van der Waals surface area contributed by atoms with Gasteiger partial charge in [0.05, 0.1) is 6.54 Å². The van der Waals surface area contributed by atoms with E-state index in [2.05, 4.69) is 4.98 Å². The Labute approximate surface area is 187 Å². The Balaban J connectivity index is 1.70. The molecule has 4 rings (SSSR count). The van der Waals surface area contributed by atoms with E-state index in [1.807, 2.05) is 0 Å². The Morgan fingerprint density at radius 2 is 1.97 bits per heavy atom. The maximum atomic E-state index is 13.5. The Bertz CT molecular complexity index is 1160. The summed E-state index contributed by atoms with van der Waals surface area (Å²) in [5, 5.41) is 9.02. The molecule has 0 spiro atoms. The van der Waals surface area contributed by atoms with Crippen LogP contribution in [0.5, 0.6) is 0 Å². The van der Waals surface area contributed by atoms with E-state index in [9.17, 15) is 24.3 Å². The molecular weight excluding hydrogens is 432 g/mol. The summed E-state index contributed by atoms with van der Waals surface area (Å²) in [5.41, 5.74) is 7.29. The normalized spacial score (nSPS) is 20.9. The van der Waals surface area contributed by atoms with E-state index in [1.54, 1.807) is 49.4 Å². The van der Waals surface area contributed by atoms with Gasteiger partial charge in [0.25, 0.3) is 11.5 Å². The van der Waals surface area contributed by atoms with Crippen LogP contribution >= 0.6 is 11.8 Å². The van der Waals surface area contributed by atoms with Crippen molar-refractivity contribution < 1.29 is 19.5 Å². The Kier molecular flexibility index (Phi) is 5.90. The number of nitrogens with two attached hydrogens (primary N) is 1. The number of H-pyrrole nitrogens is 1. The number of carbonyl (C=O) groups is 3. The SMILES string of the molecule is CC1=C(C(=O)O)N2C(=O)[C@@H](N(Cc3ccc[nH]c3=O)C(=O)[C@H](N)c3ccccc3)[C@H]2SC1. The largest absolute Gasteiger partial charge is 0.477 e. The first-order chi connectivity index (χ1) is 15.3. The van der Waals surface area contributed by atoms with Gasteiger partial charge in [0, 0.05) is 17.5 Å². The first-order valence-electron chi connectivity index (χ1n) is 9.96. The number of hydrogen-bond donors (Lipinski definition) is 3. The lowest BCUT2D eigenvalue weighted by atomic mass is 9.98. The Morgan fingerprint density at radius 1 is 1.25 bits per heavy atom. The van der Waals surface area contributed by atoms with Crippen LogP contribution in [0.4, 0.5) is 0 Å². The van der Waals surface area contributed by atoms with E-state index in [0.717, 1.165) is 0 Å². The standard InChI is InChI=1S/C22H22N4O5S/c1-12-11-32-21-17(20(29)26(21)16(12)22(30)31)25(10-14-8-5-9-24-18(14)27)19(28)15(23)13-6-3-2-4-7-13/h2-9,15,17,21H,10-11,23H2,1H3,(H,24,27)(H,30,31)/t15-,17-,21-/m1/s1. The van der Waals surface area contributed by atoms with Gasteiger partial charge in [0.15, 0.2) is 0 Å². The fourth-order valence-electron chi connectivity index (χ4n) is 3.97. The number of nitrogens with zero attached hydrogens (tertiary/aromatic N) is 2. The molecule has 2 aliphatic heterocycles. The highest BCUT2D eigenvalue weighted by atomic mass is 32.2. The lowest BCUT2D eigenvalue weighted by Crippen LogP contribution is -2.71. The summed E-state index contributed by atoms with van der Waals surface area (Å²) in [7, 11) is 0. The first-order valence-corrected chi connectivity index (χ1v) is 11.0. The predicted octanol–water partition coefficient (Wildman–Crippen LogP) is 1.05. The molecule has 0 aliphatic carbocycles. The summed E-state index contributed by atoms with van der Waals surface area (Å²) in [6, 6.07) is 10.0. The molecule has 2 amide bonds. The molecule has 3 heterocycles. The van der Waals surface area contributed by atoms with Crippen LogP contribution in [0.3, 0.4) is 0 Å². The van der Waals surface area contributed by atoms with Crippen LogP contribution in [0, 0.1) is 0 Å². The van der Waals surface area contributed by atoms with Gasteiger partial charge < -0.3 is 20.7 Å². The molecule has 4 N–H and O–H groups in total. The lowest BCUT2D eigenvalue weighted by molar-refractivity contribution is -0.161. The zero-order chi connectivity index (χ0) is 23.0. The number of fused-ring (bicyclic) bond motifs is 1. The van der Waals surface area contributed by atoms with Crippen LogP contribution in [0.2, 0.25) is 0 Å². The number of aromatic amines is 1. The van der Waals surface area contributed by atoms with Crippen LogP contribution in [-0.4, -0.2) is 54.8 Å². The molecule has 0 bridgehead atoms. The van der Waals surface area contributed by atoms with Gasteiger partial charge in [-0.05, 0) is 24.1 Å². The second kappa shape index (κ2) is 8.64. The van der Waals surface area contributed by atoms with Crippen molar-refractivity contribution in [2.45, 2.75) is 30.9 Å². The minimum atomic E-state index is -1.18. The van der Waals surface area contributed by atoms with Gasteiger partial charge in [-0.1, -0.05) is 36.4 Å². The first kappa shape index (κ1) is 21.8. The molecule has 1 fully saturated rings. The zero-order valence-corrected chi connectivity index (χ0v) is 18.0. The molecule has 2 aliphatic rings. The molecule has 1 saturated heterocycles. The second-order valence-electron chi connectivity index (χ2n) is 7.67. The van der Waals surface area contributed by atoms with Crippen molar-refractivity contribution in [3.63, 3.8) is 0 Å². The van der Waals surface area contributed by atoms with Crippen molar-refractivity contribution >= 4 is 29.5 Å². The van der Waals surface area contributed by atoms with E-state index in [0.29, 0.717) is 22.5 Å². The molecule has 166 valence electrons. The highest BCUT2D eigenvalue weighted by molar-refractivity contribution is 8.00. The van der Waals surface area contributed by atoms with Gasteiger partial charge in [-0.3, -0.25) is 19.3 Å². The van der Waals surface area contributed by atoms with Gasteiger partial charge in [0.1, 0.15) is 23.2 Å². The molecule has 0 unspecified atom stereocenters. The van der Waals surface area contributed by atoms with Crippen molar-refractivity contribution in [2.24, 2.45) is 5.73 Å². The van der Waals surface area contributed by atoms with Crippen LogP contribution in [0.25, 0.3) is 0 Å². The number of thioether (sulfide) groups is 1. The summed E-state index contributed by atoms with van der Waals surface area (Å²) in [5.74, 6) is -1.77. The lowest BCUT2D eigenvalue weighted by Gasteiger charge is -2.53. The molecule has 32 heavy (non-hydrogen) atoms. The summed E-state index contributed by atoms with van der Waals surface area (Å²) < 4.78 is 0. The number of β-lactam (4-membered cyclic amide) rings is 1. The van der Waals surface area contributed by atoms with E-state index in [1.165, 1.54) is 27.8 Å². The van der Waals surface area contributed by atoms with Crippen molar-refractivity contribution in [1.82, 2.24) is 14.8 Å². The molecule has 9 nitrogen and oxygen atoms in total. The fourth-order valence-corrected chi connectivity index (χ4v) is 5.33. The van der Waals surface area contributed by atoms with Crippen LogP contribution < -0.4 is 11.3 Å². The predicted molar refractivity (Wildman–Crippen MR) is 118 cm³/mol. The number of aliphatic carboxylic acids is 1. The van der Waals surface area contributed by atoms with Crippen molar-refractivity contribution in [3.8, 4) is 0 Å². The molecule has 0 saturated carbocycles. The van der Waals surface area contributed by atoms with Crippen LogP contribution in [0.1, 0.15) is 24.1 Å². The summed E-state index contributed by atoms with van der Waals surface area (Å²) in [4.78, 5) is 55.7. The average molecular weight is 455 g/mol. The molecule has 3 atom stereocenters. The van der Waals surface area contributed by atoms with Crippen molar-refractivity contribution in [3.05, 3.63) is 81.4 Å². The average Bonchev–Trinajstić information content (AvgIpc) is 2.79. The summed E-state index contributed by atoms with van der Waals surface area (Å²) >= 11 is 1.39. The van der Waals surface area contributed by atoms with Gasteiger partial charge in [-0.15, -0.1) is 11.8 Å². The van der Waals surface area contributed by atoms with Crippen molar-refractivity contribution in [2.75, 3.05) is 5.75 Å². The van der Waals surface area contributed by atoms with Gasteiger partial charge in [-0.25, -0.2) is 4.79 Å². The number of benzene rings is 1. The molecule has 1 aromatic heterocycles. The summed E-state index contributed by atoms with van der Waals surface area (Å²) in [6.07, 6.45) is 1.48. The number of hydrogen-bond acceptors (Lipinski definition) is 6. The van der Waals surface area contributed by atoms with E-state index < -0.39 is 35.2 Å². The number of aromatic nitrogens is 1. The van der Waals surface area contributed by atoms with Gasteiger partial charge in [0.2, 0.25) is 5.91 Å². The number of pyridine rings is 1. The fraction of sp³-hybridized carbons (Fsp3) is 0.273. The number of amides is 2. The minimum absolute atomic E-state index is 0.0488. The molecule has 0 radical (unpaired) electrons. The van der Waals surface area contributed by atoms with Crippen LogP contribution in [0.15, 0.2) is 64.7 Å². The maximum Gasteiger partial charge on any atom is 0.352 e. The number of nitrogens with one attached hydrogen (secondary N) is 1. The van der Waals surface area contributed by atoms with E-state index in [-0.39, 0.29) is 17.8 Å². The third-order valence-electron chi connectivity index (χ3n) is 5.62. The quantitative estimate of drug-likeness (QED) is 0.555. The topological polar surface area (TPSA) is 137 Å². The van der Waals surface area contributed by atoms with E-state index in [4.69, 9.17) is 5.73 Å². The third kappa shape index (κ3) is 3.71. The van der Waals surface area contributed by atoms with Crippen LogP contribution in [-0.2, 0) is 20.9 Å². The van der Waals surface area contributed by atoms with Gasteiger partial charge in [-0.2, -0.15) is 0 Å². The summed E-state index contributed by atoms with van der Waals surface area (Å²) in [6.45, 7) is 1.55. The number of carboxylic acids is 1. The molecule has 10 heteroatoms. The van der Waals surface area contributed by atoms with Gasteiger partial charge >= 0.3 is 5.97 Å². The highest BCUT2D eigenvalue weighted by Gasteiger charge is 2.56. The van der Waals surface area contributed by atoms with Crippen molar-refractivity contribution in [1.29, 1.82) is 0 Å². The Morgan fingerprint density at radius 3 is 2.62 bits per heavy atom. The number of carbonyl (C=O) groups excluding carboxylic acids is 2. The zero-order valence-electron chi connectivity index (χ0n) is 17.2.